The second-order valence-corrected chi connectivity index (χ2v) is 8.95. The van der Waals surface area contributed by atoms with Crippen LogP contribution in [0.15, 0.2) is 11.9 Å². The van der Waals surface area contributed by atoms with Crippen molar-refractivity contribution in [3.05, 3.63) is 11.9 Å². The number of amides is 2. The molecule has 2 amide bonds. The summed E-state index contributed by atoms with van der Waals surface area (Å²) in [5.74, 6) is 0.105. The van der Waals surface area contributed by atoms with Gasteiger partial charge in [-0.1, -0.05) is 0 Å². The van der Waals surface area contributed by atoms with Gasteiger partial charge in [-0.25, -0.2) is 13.2 Å². The molecule has 1 N–H and O–H groups in total. The average molecular weight is 373 g/mol. The van der Waals surface area contributed by atoms with E-state index in [9.17, 15) is 23.1 Å². The molecule has 0 aliphatic carbocycles. The van der Waals surface area contributed by atoms with Gasteiger partial charge in [-0.15, -0.1) is 0 Å². The fraction of sp³-hybridized carbons (Fsp3) is 0.733. The monoisotopic (exact) mass is 373 g/mol. The molecular weight excluding hydrogens is 350 g/mol. The Bertz CT molecular complexity index is 677. The Balaban J connectivity index is 1.66. The number of rotatable bonds is 3. The Morgan fingerprint density at radius 1 is 1.36 bits per heavy atom. The lowest BCUT2D eigenvalue weighted by Gasteiger charge is -2.44. The SMILES string of the molecule is C[C@H]1C(=O)N2C(=CN1C(=O)O)COC[C@@H]2CCN1CCS(=O)(=O)CC1. The van der Waals surface area contributed by atoms with Crippen LogP contribution in [0.1, 0.15) is 13.3 Å². The first kappa shape index (κ1) is 18.2. The standard InChI is InChI=1S/C15H23N3O6S/c1-11-14(19)18-12(2-3-16-4-6-25(22,23)7-5-16)9-24-10-13(18)8-17(11)15(20)21/h8,11-12H,2-7,9-10H2,1H3,(H,20,21)/t11-,12-/m0/s1. The van der Waals surface area contributed by atoms with Crippen LogP contribution in [0.25, 0.3) is 0 Å². The van der Waals surface area contributed by atoms with Crippen molar-refractivity contribution in [3.8, 4) is 0 Å². The zero-order valence-corrected chi connectivity index (χ0v) is 14.9. The number of carboxylic acid groups (broad SMARTS) is 1. The van der Waals surface area contributed by atoms with Crippen LogP contribution >= 0.6 is 0 Å². The minimum Gasteiger partial charge on any atom is -0.465 e. The van der Waals surface area contributed by atoms with Crippen molar-refractivity contribution in [2.45, 2.75) is 25.4 Å². The van der Waals surface area contributed by atoms with Crippen molar-refractivity contribution >= 4 is 21.8 Å². The highest BCUT2D eigenvalue weighted by Crippen LogP contribution is 2.27. The van der Waals surface area contributed by atoms with E-state index in [0.717, 1.165) is 4.90 Å². The summed E-state index contributed by atoms with van der Waals surface area (Å²) in [4.78, 5) is 28.7. The van der Waals surface area contributed by atoms with Crippen molar-refractivity contribution in [2.24, 2.45) is 0 Å². The van der Waals surface area contributed by atoms with Crippen LogP contribution in [0.3, 0.4) is 0 Å². The smallest absolute Gasteiger partial charge is 0.412 e. The van der Waals surface area contributed by atoms with E-state index < -0.39 is 22.0 Å². The van der Waals surface area contributed by atoms with Crippen LogP contribution in [-0.2, 0) is 19.4 Å². The fourth-order valence-corrected chi connectivity index (χ4v) is 4.71. The number of nitrogens with zero attached hydrogens (tertiary/aromatic N) is 3. The van der Waals surface area contributed by atoms with Crippen LogP contribution in [0, 0.1) is 0 Å². The summed E-state index contributed by atoms with van der Waals surface area (Å²) in [6.07, 6.45) is 0.960. The molecule has 0 spiro atoms. The molecular formula is C15H23N3O6S. The summed E-state index contributed by atoms with van der Waals surface area (Å²) >= 11 is 0. The number of morpholine rings is 1. The van der Waals surface area contributed by atoms with Crippen molar-refractivity contribution < 1.29 is 27.9 Å². The van der Waals surface area contributed by atoms with Gasteiger partial charge in [0.1, 0.15) is 6.04 Å². The normalized spacial score (nSPS) is 30.0. The highest BCUT2D eigenvalue weighted by molar-refractivity contribution is 7.91. The molecule has 0 saturated carbocycles. The lowest BCUT2D eigenvalue weighted by molar-refractivity contribution is -0.142. The third-order valence-corrected chi connectivity index (χ3v) is 6.58. The van der Waals surface area contributed by atoms with Gasteiger partial charge in [0.25, 0.3) is 0 Å². The van der Waals surface area contributed by atoms with E-state index in [-0.39, 0.29) is 30.1 Å². The molecule has 0 radical (unpaired) electrons. The lowest BCUT2D eigenvalue weighted by atomic mass is 10.1. The van der Waals surface area contributed by atoms with Crippen molar-refractivity contribution in [1.82, 2.24) is 14.7 Å². The number of carbonyl (C=O) groups excluding carboxylic acids is 1. The van der Waals surface area contributed by atoms with E-state index in [1.807, 2.05) is 0 Å². The Labute approximate surface area is 146 Å². The molecule has 9 nitrogen and oxygen atoms in total. The van der Waals surface area contributed by atoms with Gasteiger partial charge in [0.15, 0.2) is 9.84 Å². The molecule has 0 unspecified atom stereocenters. The number of ether oxygens (including phenoxy) is 1. The summed E-state index contributed by atoms with van der Waals surface area (Å²) in [7, 11) is -2.91. The maximum atomic E-state index is 12.7. The number of sulfone groups is 1. The van der Waals surface area contributed by atoms with Crippen LogP contribution in [0.4, 0.5) is 4.79 Å². The number of carbonyl (C=O) groups is 2. The minimum absolute atomic E-state index is 0.163. The summed E-state index contributed by atoms with van der Waals surface area (Å²) in [6, 6.07) is -0.925. The van der Waals surface area contributed by atoms with E-state index in [0.29, 0.717) is 38.4 Å². The molecule has 2 atom stereocenters. The molecule has 2 fully saturated rings. The highest BCUT2D eigenvalue weighted by Gasteiger charge is 2.40. The molecule has 0 bridgehead atoms. The molecule has 0 aromatic rings. The minimum atomic E-state index is -2.91. The second kappa shape index (κ2) is 6.93. The van der Waals surface area contributed by atoms with E-state index in [2.05, 4.69) is 4.90 Å². The first-order valence-corrected chi connectivity index (χ1v) is 10.2. The zero-order valence-electron chi connectivity index (χ0n) is 14.1. The molecule has 2 saturated heterocycles. The third-order valence-electron chi connectivity index (χ3n) is 4.97. The van der Waals surface area contributed by atoms with Gasteiger partial charge in [0.05, 0.1) is 36.5 Å². The molecule has 3 rings (SSSR count). The highest BCUT2D eigenvalue weighted by atomic mass is 32.2. The zero-order chi connectivity index (χ0) is 18.2. The molecule has 140 valence electrons. The molecule has 3 aliphatic heterocycles. The van der Waals surface area contributed by atoms with Gasteiger partial charge in [0, 0.05) is 25.8 Å². The quantitative estimate of drug-likeness (QED) is 0.714. The van der Waals surface area contributed by atoms with Crippen LogP contribution in [-0.4, -0.2) is 96.7 Å². The molecule has 0 aromatic carbocycles. The molecule has 3 aliphatic rings. The third kappa shape index (κ3) is 3.80. The molecule has 3 heterocycles. The average Bonchev–Trinajstić information content (AvgIpc) is 2.56. The van der Waals surface area contributed by atoms with Crippen LogP contribution < -0.4 is 0 Å². The molecule has 10 heteroatoms. The van der Waals surface area contributed by atoms with Crippen molar-refractivity contribution in [3.63, 3.8) is 0 Å². The predicted octanol–water partition coefficient (Wildman–Crippen LogP) is -0.442. The van der Waals surface area contributed by atoms with Gasteiger partial charge >= 0.3 is 6.09 Å². The van der Waals surface area contributed by atoms with Gasteiger partial charge in [-0.3, -0.25) is 9.69 Å². The summed E-state index contributed by atoms with van der Waals surface area (Å²) < 4.78 is 28.5. The lowest BCUT2D eigenvalue weighted by Crippen LogP contribution is -2.58. The van der Waals surface area contributed by atoms with Gasteiger partial charge in [0.2, 0.25) is 5.91 Å². The maximum absolute atomic E-state index is 12.7. The largest absolute Gasteiger partial charge is 0.465 e. The maximum Gasteiger partial charge on any atom is 0.412 e. The van der Waals surface area contributed by atoms with E-state index in [4.69, 9.17) is 4.74 Å². The summed E-state index contributed by atoms with van der Waals surface area (Å²) in [5, 5.41) is 9.21. The van der Waals surface area contributed by atoms with Crippen molar-refractivity contribution in [2.75, 3.05) is 44.4 Å². The number of hydrogen-bond acceptors (Lipinski definition) is 6. The predicted molar refractivity (Wildman–Crippen MR) is 88.6 cm³/mol. The number of fused-ring (bicyclic) bond motifs is 1. The fourth-order valence-electron chi connectivity index (χ4n) is 3.43. The Kier molecular flexibility index (Phi) is 5.03. The number of hydrogen-bond donors (Lipinski definition) is 1. The Morgan fingerprint density at radius 2 is 2.04 bits per heavy atom. The van der Waals surface area contributed by atoms with E-state index >= 15 is 0 Å². The Hall–Kier alpha value is -1.65. The summed E-state index contributed by atoms with van der Waals surface area (Å²) in [6.45, 7) is 3.88. The second-order valence-electron chi connectivity index (χ2n) is 6.65. The van der Waals surface area contributed by atoms with E-state index in [1.54, 1.807) is 11.8 Å². The van der Waals surface area contributed by atoms with Crippen molar-refractivity contribution in [1.29, 1.82) is 0 Å². The van der Waals surface area contributed by atoms with Crippen LogP contribution in [0.5, 0.6) is 0 Å². The first-order valence-electron chi connectivity index (χ1n) is 8.34. The molecule has 0 aromatic heterocycles. The van der Waals surface area contributed by atoms with Crippen LogP contribution in [0.2, 0.25) is 0 Å². The topological polar surface area (TPSA) is 107 Å². The first-order chi connectivity index (χ1) is 11.8. The van der Waals surface area contributed by atoms with Gasteiger partial charge in [-0.2, -0.15) is 0 Å². The van der Waals surface area contributed by atoms with Gasteiger partial charge in [-0.05, 0) is 13.3 Å². The molecule has 25 heavy (non-hydrogen) atoms. The Morgan fingerprint density at radius 3 is 2.68 bits per heavy atom. The van der Waals surface area contributed by atoms with E-state index in [1.165, 1.54) is 6.20 Å². The summed E-state index contributed by atoms with van der Waals surface area (Å²) in [5.41, 5.74) is 0.558. The van der Waals surface area contributed by atoms with Gasteiger partial charge < -0.3 is 19.6 Å².